The highest BCUT2D eigenvalue weighted by Crippen LogP contribution is 2.26. The van der Waals surface area contributed by atoms with Gasteiger partial charge in [-0.05, 0) is 6.07 Å². The lowest BCUT2D eigenvalue weighted by Gasteiger charge is -2.31. The van der Waals surface area contributed by atoms with Crippen LogP contribution in [-0.2, 0) is 4.79 Å². The van der Waals surface area contributed by atoms with Gasteiger partial charge in [0.1, 0.15) is 0 Å². The number of hydrogen-bond acceptors (Lipinski definition) is 3. The first-order valence-electron chi connectivity index (χ1n) is 3.79. The number of carbonyl (C=O) groups excluding carboxylic acids is 1. The van der Waals surface area contributed by atoms with Crippen LogP contribution in [0.2, 0.25) is 0 Å². The molecule has 1 amide bonds. The first-order valence-corrected chi connectivity index (χ1v) is 3.79. The van der Waals surface area contributed by atoms with Crippen LogP contribution in [0.5, 0.6) is 0 Å². The molecule has 0 radical (unpaired) electrons. The van der Waals surface area contributed by atoms with Gasteiger partial charge in [-0.2, -0.15) is 0 Å². The van der Waals surface area contributed by atoms with Crippen molar-refractivity contribution in [1.29, 1.82) is 0 Å². The molecule has 4 nitrogen and oxygen atoms in total. The van der Waals surface area contributed by atoms with Crippen molar-refractivity contribution >= 4 is 17.3 Å². The Hall–Kier alpha value is -1.58. The van der Waals surface area contributed by atoms with E-state index >= 15 is 0 Å². The fourth-order valence-corrected chi connectivity index (χ4v) is 1.21. The van der Waals surface area contributed by atoms with E-state index < -0.39 is 0 Å². The van der Waals surface area contributed by atoms with Crippen LogP contribution >= 0.6 is 0 Å². The average molecular weight is 163 g/mol. The third-order valence-electron chi connectivity index (χ3n) is 1.97. The van der Waals surface area contributed by atoms with Crippen LogP contribution in [0.25, 0.3) is 0 Å². The number of nitrogen functional groups attached to an aromatic ring is 1. The third kappa shape index (κ3) is 0.922. The molecule has 0 unspecified atom stereocenters. The van der Waals surface area contributed by atoms with Gasteiger partial charge < -0.3 is 10.6 Å². The second kappa shape index (κ2) is 2.48. The van der Waals surface area contributed by atoms with Crippen LogP contribution in [0.1, 0.15) is 6.42 Å². The molecular weight excluding hydrogens is 154 g/mol. The Kier molecular flexibility index (Phi) is 1.46. The highest BCUT2D eigenvalue weighted by atomic mass is 16.2. The Bertz CT molecular complexity index is 324. The average Bonchev–Trinajstić information content (AvgIpc) is 2.06. The minimum absolute atomic E-state index is 0.132. The van der Waals surface area contributed by atoms with Crippen molar-refractivity contribution < 1.29 is 4.79 Å². The Morgan fingerprint density at radius 1 is 1.58 bits per heavy atom. The van der Waals surface area contributed by atoms with Crippen LogP contribution in [0.3, 0.4) is 0 Å². The van der Waals surface area contributed by atoms with Gasteiger partial charge in [0.05, 0.1) is 17.6 Å². The lowest BCUT2D eigenvalue weighted by Crippen LogP contribution is -2.43. The number of hydrogen-bond donors (Lipinski definition) is 1. The van der Waals surface area contributed by atoms with Crippen LogP contribution in [-0.4, -0.2) is 17.4 Å². The minimum atomic E-state index is 0.132. The summed E-state index contributed by atoms with van der Waals surface area (Å²) < 4.78 is 0. The lowest BCUT2D eigenvalue weighted by molar-refractivity contribution is -0.122. The summed E-state index contributed by atoms with van der Waals surface area (Å²) in [6.45, 7) is 0.771. The van der Waals surface area contributed by atoms with Crippen molar-refractivity contribution in [1.82, 2.24) is 4.98 Å². The van der Waals surface area contributed by atoms with Crippen LogP contribution in [0, 0.1) is 0 Å². The maximum Gasteiger partial charge on any atom is 0.228 e. The fourth-order valence-electron chi connectivity index (χ4n) is 1.21. The van der Waals surface area contributed by atoms with Gasteiger partial charge in [0.25, 0.3) is 0 Å². The summed E-state index contributed by atoms with van der Waals surface area (Å²) in [4.78, 5) is 16.5. The summed E-state index contributed by atoms with van der Waals surface area (Å²) in [5, 5.41) is 0. The van der Waals surface area contributed by atoms with Crippen molar-refractivity contribution in [2.75, 3.05) is 17.2 Å². The van der Waals surface area contributed by atoms with Gasteiger partial charge in [0, 0.05) is 19.2 Å². The van der Waals surface area contributed by atoms with Gasteiger partial charge in [-0.25, -0.2) is 0 Å². The molecule has 1 saturated heterocycles. The number of pyridine rings is 1. The molecule has 12 heavy (non-hydrogen) atoms. The lowest BCUT2D eigenvalue weighted by atomic mass is 10.1. The summed E-state index contributed by atoms with van der Waals surface area (Å²) in [6.07, 6.45) is 3.82. The summed E-state index contributed by atoms with van der Waals surface area (Å²) in [6, 6.07) is 1.76. The zero-order chi connectivity index (χ0) is 8.55. The predicted octanol–water partition coefficient (Wildman–Crippen LogP) is 0.401. The van der Waals surface area contributed by atoms with Gasteiger partial charge in [-0.1, -0.05) is 0 Å². The minimum Gasteiger partial charge on any atom is -0.396 e. The van der Waals surface area contributed by atoms with E-state index in [1.54, 1.807) is 23.4 Å². The highest BCUT2D eigenvalue weighted by molar-refractivity contribution is 6.01. The molecule has 4 heteroatoms. The summed E-state index contributed by atoms with van der Waals surface area (Å²) in [5.41, 5.74) is 6.98. The second-order valence-corrected chi connectivity index (χ2v) is 2.73. The summed E-state index contributed by atoms with van der Waals surface area (Å²) in [7, 11) is 0. The maximum absolute atomic E-state index is 11.0. The highest BCUT2D eigenvalue weighted by Gasteiger charge is 2.26. The van der Waals surface area contributed by atoms with Crippen molar-refractivity contribution in [3.05, 3.63) is 18.5 Å². The molecule has 2 heterocycles. The van der Waals surface area contributed by atoms with Gasteiger partial charge in [0.15, 0.2) is 0 Å². The Morgan fingerprint density at radius 2 is 2.42 bits per heavy atom. The van der Waals surface area contributed by atoms with E-state index in [4.69, 9.17) is 5.73 Å². The first kappa shape index (κ1) is 7.09. The van der Waals surface area contributed by atoms with Gasteiger partial charge >= 0.3 is 0 Å². The van der Waals surface area contributed by atoms with Crippen molar-refractivity contribution in [3.63, 3.8) is 0 Å². The number of nitrogens with two attached hydrogens (primary N) is 1. The zero-order valence-corrected chi connectivity index (χ0v) is 6.53. The predicted molar refractivity (Wildman–Crippen MR) is 45.6 cm³/mol. The van der Waals surface area contributed by atoms with E-state index in [9.17, 15) is 4.79 Å². The van der Waals surface area contributed by atoms with Crippen LogP contribution in [0.15, 0.2) is 18.5 Å². The largest absolute Gasteiger partial charge is 0.396 e. The van der Waals surface area contributed by atoms with Crippen LogP contribution in [0.4, 0.5) is 11.4 Å². The van der Waals surface area contributed by atoms with Crippen LogP contribution < -0.4 is 10.6 Å². The van der Waals surface area contributed by atoms with Gasteiger partial charge in [0.2, 0.25) is 5.91 Å². The Morgan fingerprint density at radius 3 is 2.92 bits per heavy atom. The van der Waals surface area contributed by atoms with E-state index in [2.05, 4.69) is 4.98 Å². The molecule has 62 valence electrons. The molecule has 0 aromatic carbocycles. The van der Waals surface area contributed by atoms with E-state index in [0.717, 1.165) is 12.2 Å². The number of carbonyl (C=O) groups is 1. The third-order valence-corrected chi connectivity index (χ3v) is 1.97. The number of amides is 1. The fraction of sp³-hybridized carbons (Fsp3) is 0.250. The summed E-state index contributed by atoms with van der Waals surface area (Å²) in [5.74, 6) is 0.132. The van der Waals surface area contributed by atoms with E-state index in [1.807, 2.05) is 0 Å². The Balaban J connectivity index is 2.33. The summed E-state index contributed by atoms with van der Waals surface area (Å²) >= 11 is 0. The molecule has 0 aliphatic carbocycles. The van der Waals surface area contributed by atoms with E-state index in [1.165, 1.54) is 0 Å². The van der Waals surface area contributed by atoms with E-state index in [0.29, 0.717) is 12.1 Å². The number of rotatable bonds is 1. The van der Waals surface area contributed by atoms with Crippen molar-refractivity contribution in [3.8, 4) is 0 Å². The molecule has 1 aromatic heterocycles. The maximum atomic E-state index is 11.0. The zero-order valence-electron chi connectivity index (χ0n) is 6.53. The number of nitrogens with zero attached hydrogens (tertiary/aromatic N) is 2. The molecule has 2 rings (SSSR count). The molecule has 1 aromatic rings. The molecular formula is C8H9N3O. The second-order valence-electron chi connectivity index (χ2n) is 2.73. The molecule has 1 aliphatic heterocycles. The molecule has 2 N–H and O–H groups in total. The smallest absolute Gasteiger partial charge is 0.228 e. The standard InChI is InChI=1S/C8H9N3O/c9-6-5-10-3-1-7(6)11-4-2-8(11)12/h1,3,5H,2,4,9H2. The molecule has 0 saturated carbocycles. The normalized spacial score (nSPS) is 16.0. The first-order chi connectivity index (χ1) is 5.79. The topological polar surface area (TPSA) is 59.2 Å². The molecule has 1 fully saturated rings. The van der Waals surface area contributed by atoms with Crippen molar-refractivity contribution in [2.24, 2.45) is 0 Å². The van der Waals surface area contributed by atoms with Crippen molar-refractivity contribution in [2.45, 2.75) is 6.42 Å². The molecule has 0 atom stereocenters. The van der Waals surface area contributed by atoms with E-state index in [-0.39, 0.29) is 5.91 Å². The number of aromatic nitrogens is 1. The SMILES string of the molecule is Nc1cnccc1N1CCC1=O. The van der Waals surface area contributed by atoms with Gasteiger partial charge in [-0.15, -0.1) is 0 Å². The van der Waals surface area contributed by atoms with Gasteiger partial charge in [-0.3, -0.25) is 9.78 Å². The number of β-lactam (4-membered cyclic amide) rings is 1. The molecule has 0 spiro atoms. The Labute approximate surface area is 70.0 Å². The molecule has 0 bridgehead atoms. The monoisotopic (exact) mass is 163 g/mol. The molecule has 1 aliphatic rings. The quantitative estimate of drug-likeness (QED) is 0.609. The number of anilines is 2.